The van der Waals surface area contributed by atoms with Crippen LogP contribution in [0.1, 0.15) is 68.9 Å². The van der Waals surface area contributed by atoms with Gasteiger partial charge in [0.1, 0.15) is 0 Å². The van der Waals surface area contributed by atoms with Crippen LogP contribution in [0.2, 0.25) is 0 Å². The van der Waals surface area contributed by atoms with Gasteiger partial charge < -0.3 is 0 Å². The smallest absolute Gasteiger partial charge is 0.158 e. The average molecular weight is 349 g/mol. The van der Waals surface area contributed by atoms with Crippen molar-refractivity contribution in [1.29, 1.82) is 0 Å². The summed E-state index contributed by atoms with van der Waals surface area (Å²) in [5, 5.41) is 0. The molecule has 136 valence electrons. The second-order valence-electron chi connectivity index (χ2n) is 8.17. The number of benzene rings is 2. The lowest BCUT2D eigenvalue weighted by molar-refractivity contribution is 0.124. The van der Waals surface area contributed by atoms with Crippen LogP contribution in [0.15, 0.2) is 54.0 Å². The molecule has 2 atom stereocenters. The highest BCUT2D eigenvalue weighted by molar-refractivity contribution is 6.16. The number of halogens is 1. The number of aliphatic imine (C=N–C) groups is 1. The molecule has 1 heterocycles. The summed E-state index contributed by atoms with van der Waals surface area (Å²) in [5.74, 6) is 0. The van der Waals surface area contributed by atoms with E-state index in [2.05, 4.69) is 39.5 Å². The van der Waals surface area contributed by atoms with Crippen LogP contribution in [-0.2, 0) is 11.1 Å². The summed E-state index contributed by atoms with van der Waals surface area (Å²) in [7, 11) is 0. The van der Waals surface area contributed by atoms with E-state index in [1.807, 2.05) is 50.3 Å². The fourth-order valence-corrected chi connectivity index (χ4v) is 3.74. The number of nitrogens with zero attached hydrogens (tertiary/aromatic N) is 1. The van der Waals surface area contributed by atoms with Gasteiger partial charge in [0.15, 0.2) is 5.67 Å². The molecule has 0 radical (unpaired) electrons. The first kappa shape index (κ1) is 18.6. The molecule has 2 heteroatoms. The molecule has 0 amide bonds. The van der Waals surface area contributed by atoms with E-state index in [0.29, 0.717) is 6.42 Å². The highest BCUT2D eigenvalue weighted by atomic mass is 19.1. The van der Waals surface area contributed by atoms with E-state index >= 15 is 4.39 Å². The van der Waals surface area contributed by atoms with Gasteiger partial charge in [-0.3, -0.25) is 4.99 Å². The molecule has 0 bridgehead atoms. The Kier molecular flexibility index (Phi) is 4.64. The SMILES string of the molecule is C=Cc1ccccc1C1=N[C@H](C)C(F)(CC)c2cc(C(C)(C)C)ccc21. The maximum absolute atomic E-state index is 16.0. The van der Waals surface area contributed by atoms with Crippen molar-refractivity contribution < 1.29 is 4.39 Å². The molecule has 0 aromatic heterocycles. The van der Waals surface area contributed by atoms with Gasteiger partial charge in [-0.25, -0.2) is 4.39 Å². The van der Waals surface area contributed by atoms with Crippen LogP contribution in [0.4, 0.5) is 4.39 Å². The summed E-state index contributed by atoms with van der Waals surface area (Å²) >= 11 is 0. The van der Waals surface area contributed by atoms with Crippen LogP contribution >= 0.6 is 0 Å². The summed E-state index contributed by atoms with van der Waals surface area (Å²) in [6.07, 6.45) is 2.25. The van der Waals surface area contributed by atoms with E-state index in [0.717, 1.165) is 33.5 Å². The van der Waals surface area contributed by atoms with Crippen molar-refractivity contribution in [2.24, 2.45) is 4.99 Å². The first-order valence-corrected chi connectivity index (χ1v) is 9.36. The normalized spacial score (nSPS) is 22.5. The third-order valence-electron chi connectivity index (χ3n) is 5.52. The van der Waals surface area contributed by atoms with Crippen LogP contribution < -0.4 is 0 Å². The quantitative estimate of drug-likeness (QED) is 0.604. The lowest BCUT2D eigenvalue weighted by Gasteiger charge is -2.37. The second kappa shape index (κ2) is 6.50. The molecule has 0 fully saturated rings. The largest absolute Gasteiger partial charge is 0.277 e. The van der Waals surface area contributed by atoms with Gasteiger partial charge in [0.05, 0.1) is 11.8 Å². The topological polar surface area (TPSA) is 12.4 Å². The van der Waals surface area contributed by atoms with Crippen LogP contribution in [0.25, 0.3) is 6.08 Å². The van der Waals surface area contributed by atoms with E-state index < -0.39 is 11.7 Å². The second-order valence-corrected chi connectivity index (χ2v) is 8.17. The maximum Gasteiger partial charge on any atom is 0.158 e. The zero-order chi connectivity index (χ0) is 19.1. The Morgan fingerprint density at radius 1 is 1.15 bits per heavy atom. The minimum Gasteiger partial charge on any atom is -0.277 e. The van der Waals surface area contributed by atoms with Crippen molar-refractivity contribution in [1.82, 2.24) is 0 Å². The molecule has 0 saturated heterocycles. The van der Waals surface area contributed by atoms with Crippen molar-refractivity contribution in [2.75, 3.05) is 0 Å². The van der Waals surface area contributed by atoms with Gasteiger partial charge in [-0.2, -0.15) is 0 Å². The summed E-state index contributed by atoms with van der Waals surface area (Å²) in [6.45, 7) is 14.2. The fourth-order valence-electron chi connectivity index (χ4n) is 3.74. The minimum atomic E-state index is -1.44. The van der Waals surface area contributed by atoms with Crippen LogP contribution in [0.3, 0.4) is 0 Å². The molecule has 1 unspecified atom stereocenters. The van der Waals surface area contributed by atoms with E-state index in [4.69, 9.17) is 4.99 Å². The zero-order valence-electron chi connectivity index (χ0n) is 16.4. The van der Waals surface area contributed by atoms with Gasteiger partial charge in [0, 0.05) is 16.7 Å². The van der Waals surface area contributed by atoms with Crippen molar-refractivity contribution >= 4 is 11.8 Å². The molecule has 1 aliphatic rings. The highest BCUT2D eigenvalue weighted by Crippen LogP contribution is 2.43. The van der Waals surface area contributed by atoms with E-state index in [1.165, 1.54) is 0 Å². The Hall–Kier alpha value is -2.22. The lowest BCUT2D eigenvalue weighted by atomic mass is 9.75. The molecular weight excluding hydrogens is 321 g/mol. The predicted molar refractivity (Wildman–Crippen MR) is 110 cm³/mol. The Morgan fingerprint density at radius 3 is 2.46 bits per heavy atom. The Balaban J connectivity index is 2.29. The standard InChI is InChI=1S/C24H28FN/c1-7-17-11-9-10-12-19(17)22-20-14-13-18(23(4,5)6)15-21(20)24(25,8-2)16(3)26-22/h7,9-16H,1,8H2,2-6H3/t16-,24?/m1/s1. The van der Waals surface area contributed by atoms with Crippen LogP contribution in [0, 0.1) is 0 Å². The van der Waals surface area contributed by atoms with Gasteiger partial charge in [0.25, 0.3) is 0 Å². The van der Waals surface area contributed by atoms with Gasteiger partial charge in [-0.1, -0.05) is 82.8 Å². The molecule has 2 aromatic rings. The Bertz CT molecular complexity index is 872. The third kappa shape index (κ3) is 2.92. The zero-order valence-corrected chi connectivity index (χ0v) is 16.4. The van der Waals surface area contributed by atoms with Gasteiger partial charge in [0.2, 0.25) is 0 Å². The molecule has 0 saturated carbocycles. The molecule has 0 N–H and O–H groups in total. The van der Waals surface area contributed by atoms with E-state index in [9.17, 15) is 0 Å². The summed E-state index contributed by atoms with van der Waals surface area (Å²) in [4.78, 5) is 4.81. The Labute approximate surface area is 156 Å². The number of rotatable bonds is 3. The third-order valence-corrected chi connectivity index (χ3v) is 5.52. The van der Waals surface area contributed by atoms with E-state index in [-0.39, 0.29) is 5.41 Å². The van der Waals surface area contributed by atoms with Gasteiger partial charge >= 0.3 is 0 Å². The molecule has 3 rings (SSSR count). The van der Waals surface area contributed by atoms with Crippen LogP contribution in [0.5, 0.6) is 0 Å². The summed E-state index contributed by atoms with van der Waals surface area (Å²) < 4.78 is 16.0. The van der Waals surface area contributed by atoms with Crippen molar-refractivity contribution in [2.45, 2.75) is 58.2 Å². The Morgan fingerprint density at radius 2 is 1.85 bits per heavy atom. The van der Waals surface area contributed by atoms with Gasteiger partial charge in [-0.15, -0.1) is 0 Å². The number of hydrogen-bond acceptors (Lipinski definition) is 1. The monoisotopic (exact) mass is 349 g/mol. The maximum atomic E-state index is 16.0. The minimum absolute atomic E-state index is 0.0271. The van der Waals surface area contributed by atoms with E-state index in [1.54, 1.807) is 0 Å². The predicted octanol–water partition coefficient (Wildman–Crippen LogP) is 6.44. The first-order valence-electron chi connectivity index (χ1n) is 9.36. The summed E-state index contributed by atoms with van der Waals surface area (Å²) in [6, 6.07) is 13.8. The van der Waals surface area contributed by atoms with Crippen molar-refractivity contribution in [3.05, 3.63) is 76.9 Å². The average Bonchev–Trinajstić information content (AvgIpc) is 2.63. The number of hydrogen-bond donors (Lipinski definition) is 0. The van der Waals surface area contributed by atoms with Crippen molar-refractivity contribution in [3.8, 4) is 0 Å². The molecule has 0 spiro atoms. The highest BCUT2D eigenvalue weighted by Gasteiger charge is 2.43. The summed E-state index contributed by atoms with van der Waals surface area (Å²) in [5.41, 5.74) is 4.24. The molecule has 2 aromatic carbocycles. The van der Waals surface area contributed by atoms with Gasteiger partial charge in [-0.05, 0) is 29.9 Å². The molecule has 1 nitrogen and oxygen atoms in total. The molecule has 1 aliphatic heterocycles. The molecule has 0 aliphatic carbocycles. The molecule has 26 heavy (non-hydrogen) atoms. The number of fused-ring (bicyclic) bond motifs is 1. The number of alkyl halides is 1. The van der Waals surface area contributed by atoms with Crippen molar-refractivity contribution in [3.63, 3.8) is 0 Å². The fraction of sp³-hybridized carbons (Fsp3) is 0.375. The lowest BCUT2D eigenvalue weighted by Crippen LogP contribution is -2.38. The van der Waals surface area contributed by atoms with Crippen LogP contribution in [-0.4, -0.2) is 11.8 Å². The molecular formula is C24H28FN. The first-order chi connectivity index (χ1) is 12.2.